The minimum absolute atomic E-state index is 0.0723. The third-order valence-electron chi connectivity index (χ3n) is 2.92. The van der Waals surface area contributed by atoms with Gasteiger partial charge >= 0.3 is 5.97 Å². The Kier molecular flexibility index (Phi) is 2.71. The number of pyridine rings is 1. The van der Waals surface area contributed by atoms with Crippen LogP contribution in [-0.4, -0.2) is 20.5 Å². The van der Waals surface area contributed by atoms with Crippen LogP contribution < -0.4 is 0 Å². The van der Waals surface area contributed by atoms with Gasteiger partial charge in [0.25, 0.3) is 0 Å². The summed E-state index contributed by atoms with van der Waals surface area (Å²) in [7, 11) is 0. The van der Waals surface area contributed by atoms with Crippen molar-refractivity contribution in [1.82, 2.24) is 9.38 Å². The van der Waals surface area contributed by atoms with Crippen LogP contribution in [0.3, 0.4) is 0 Å². The molecular formula is C14H8F2N2O2. The van der Waals surface area contributed by atoms with Gasteiger partial charge in [-0.15, -0.1) is 0 Å². The molecule has 2 heterocycles. The van der Waals surface area contributed by atoms with E-state index in [0.29, 0.717) is 5.52 Å². The fraction of sp³-hybridized carbons (Fsp3) is 0. The van der Waals surface area contributed by atoms with E-state index in [-0.39, 0.29) is 17.0 Å². The molecular weight excluding hydrogens is 266 g/mol. The molecule has 0 saturated heterocycles. The van der Waals surface area contributed by atoms with E-state index in [1.165, 1.54) is 22.7 Å². The van der Waals surface area contributed by atoms with Crippen LogP contribution in [0.5, 0.6) is 0 Å². The van der Waals surface area contributed by atoms with Gasteiger partial charge < -0.3 is 5.11 Å². The molecule has 0 amide bonds. The highest BCUT2D eigenvalue weighted by molar-refractivity contribution is 5.95. The summed E-state index contributed by atoms with van der Waals surface area (Å²) in [6.45, 7) is 0. The molecule has 1 aromatic carbocycles. The van der Waals surface area contributed by atoms with E-state index in [1.807, 2.05) is 0 Å². The molecule has 3 rings (SSSR count). The minimum Gasteiger partial charge on any atom is -0.478 e. The summed E-state index contributed by atoms with van der Waals surface area (Å²) in [4.78, 5) is 15.2. The van der Waals surface area contributed by atoms with E-state index in [1.54, 1.807) is 6.20 Å². The van der Waals surface area contributed by atoms with Crippen molar-refractivity contribution >= 4 is 11.5 Å². The van der Waals surface area contributed by atoms with Crippen molar-refractivity contribution in [2.45, 2.75) is 0 Å². The van der Waals surface area contributed by atoms with Crippen LogP contribution >= 0.6 is 0 Å². The van der Waals surface area contributed by atoms with Crippen molar-refractivity contribution in [3.8, 4) is 11.4 Å². The molecule has 0 bridgehead atoms. The fourth-order valence-electron chi connectivity index (χ4n) is 2.10. The lowest BCUT2D eigenvalue weighted by Gasteiger charge is -2.03. The van der Waals surface area contributed by atoms with Gasteiger partial charge in [0, 0.05) is 17.8 Å². The Hall–Kier alpha value is -2.76. The number of rotatable bonds is 2. The summed E-state index contributed by atoms with van der Waals surface area (Å²) in [6, 6.07) is 6.03. The van der Waals surface area contributed by atoms with Gasteiger partial charge in [-0.25, -0.2) is 18.6 Å². The number of fused-ring (bicyclic) bond motifs is 1. The first-order valence-electron chi connectivity index (χ1n) is 5.72. The van der Waals surface area contributed by atoms with Crippen LogP contribution in [0.1, 0.15) is 10.4 Å². The maximum Gasteiger partial charge on any atom is 0.337 e. The molecule has 1 N–H and O–H groups in total. The van der Waals surface area contributed by atoms with Gasteiger partial charge in [-0.1, -0.05) is 0 Å². The number of hydrogen-bond donors (Lipinski definition) is 1. The van der Waals surface area contributed by atoms with Crippen molar-refractivity contribution in [1.29, 1.82) is 0 Å². The van der Waals surface area contributed by atoms with Crippen LogP contribution in [0.15, 0.2) is 42.7 Å². The lowest BCUT2D eigenvalue weighted by Crippen LogP contribution is -2.00. The third kappa shape index (κ3) is 1.91. The summed E-state index contributed by atoms with van der Waals surface area (Å²) < 4.78 is 28.0. The van der Waals surface area contributed by atoms with Crippen molar-refractivity contribution in [3.05, 3.63) is 59.9 Å². The van der Waals surface area contributed by atoms with Gasteiger partial charge in [0.15, 0.2) is 0 Å². The summed E-state index contributed by atoms with van der Waals surface area (Å²) in [5.41, 5.74) is 0.674. The molecule has 0 spiro atoms. The molecule has 3 aromatic rings. The summed E-state index contributed by atoms with van der Waals surface area (Å²) in [5, 5.41) is 9.09. The number of nitrogens with zero attached hydrogens (tertiary/aromatic N) is 2. The average Bonchev–Trinajstić information content (AvgIpc) is 2.80. The number of halogens is 2. The summed E-state index contributed by atoms with van der Waals surface area (Å²) >= 11 is 0. The highest BCUT2D eigenvalue weighted by Crippen LogP contribution is 2.23. The monoisotopic (exact) mass is 274 g/mol. The zero-order valence-corrected chi connectivity index (χ0v) is 10.0. The van der Waals surface area contributed by atoms with Gasteiger partial charge in [0.1, 0.15) is 17.5 Å². The lowest BCUT2D eigenvalue weighted by molar-refractivity contribution is 0.0698. The smallest absolute Gasteiger partial charge is 0.337 e. The Balaban J connectivity index is 2.28. The topological polar surface area (TPSA) is 54.6 Å². The van der Waals surface area contributed by atoms with Gasteiger partial charge in [0.2, 0.25) is 0 Å². The SMILES string of the molecule is O=C(O)c1cccn2c(-c3cc(F)cc(F)c3)ncc12. The number of imidazole rings is 1. The Labute approximate surface area is 111 Å². The maximum atomic E-state index is 13.3. The largest absolute Gasteiger partial charge is 0.478 e. The number of carboxylic acids is 1. The number of carboxylic acid groups (broad SMARTS) is 1. The second-order valence-corrected chi connectivity index (χ2v) is 4.22. The third-order valence-corrected chi connectivity index (χ3v) is 2.92. The molecule has 0 aliphatic rings. The standard InChI is InChI=1S/C14H8F2N2O2/c15-9-4-8(5-10(16)6-9)13-17-7-12-11(14(19)20)2-1-3-18(12)13/h1-7H,(H,19,20). The molecule has 0 atom stereocenters. The quantitative estimate of drug-likeness (QED) is 0.781. The minimum atomic E-state index is -1.09. The second-order valence-electron chi connectivity index (χ2n) is 4.22. The number of carbonyl (C=O) groups is 1. The van der Waals surface area contributed by atoms with E-state index in [4.69, 9.17) is 5.11 Å². The first-order valence-corrected chi connectivity index (χ1v) is 5.72. The molecule has 0 unspecified atom stereocenters. The van der Waals surface area contributed by atoms with Crippen LogP contribution in [0.4, 0.5) is 8.78 Å². The molecule has 0 aliphatic heterocycles. The van der Waals surface area contributed by atoms with Crippen LogP contribution in [0.2, 0.25) is 0 Å². The highest BCUT2D eigenvalue weighted by atomic mass is 19.1. The molecule has 0 saturated carbocycles. The van der Waals surface area contributed by atoms with Gasteiger partial charge in [-0.2, -0.15) is 0 Å². The molecule has 0 radical (unpaired) electrons. The van der Waals surface area contributed by atoms with Gasteiger partial charge in [0.05, 0.1) is 17.3 Å². The Morgan fingerprint density at radius 1 is 1.20 bits per heavy atom. The Morgan fingerprint density at radius 2 is 1.90 bits per heavy atom. The normalized spacial score (nSPS) is 10.9. The van der Waals surface area contributed by atoms with E-state index in [2.05, 4.69) is 4.98 Å². The summed E-state index contributed by atoms with van der Waals surface area (Å²) in [6.07, 6.45) is 2.95. The maximum absolute atomic E-state index is 13.3. The molecule has 2 aromatic heterocycles. The Bertz CT molecular complexity index is 807. The van der Waals surface area contributed by atoms with E-state index < -0.39 is 17.6 Å². The summed E-state index contributed by atoms with van der Waals surface area (Å²) in [5.74, 6) is -2.24. The number of benzene rings is 1. The molecule has 0 fully saturated rings. The number of aromatic carboxylic acids is 1. The Morgan fingerprint density at radius 3 is 2.55 bits per heavy atom. The highest BCUT2D eigenvalue weighted by Gasteiger charge is 2.14. The van der Waals surface area contributed by atoms with Gasteiger partial charge in [-0.3, -0.25) is 4.40 Å². The molecule has 0 aliphatic carbocycles. The van der Waals surface area contributed by atoms with Crippen molar-refractivity contribution in [2.24, 2.45) is 0 Å². The molecule has 100 valence electrons. The van der Waals surface area contributed by atoms with Crippen molar-refractivity contribution < 1.29 is 18.7 Å². The lowest BCUT2D eigenvalue weighted by atomic mass is 10.2. The van der Waals surface area contributed by atoms with Crippen molar-refractivity contribution in [3.63, 3.8) is 0 Å². The molecule has 6 heteroatoms. The average molecular weight is 274 g/mol. The molecule has 4 nitrogen and oxygen atoms in total. The predicted molar refractivity (Wildman–Crippen MR) is 67.5 cm³/mol. The first-order chi connectivity index (χ1) is 9.56. The zero-order valence-electron chi connectivity index (χ0n) is 10.0. The van der Waals surface area contributed by atoms with E-state index >= 15 is 0 Å². The fourth-order valence-corrected chi connectivity index (χ4v) is 2.10. The van der Waals surface area contributed by atoms with Crippen LogP contribution in [-0.2, 0) is 0 Å². The number of hydrogen-bond acceptors (Lipinski definition) is 2. The van der Waals surface area contributed by atoms with Gasteiger partial charge in [-0.05, 0) is 24.3 Å². The van der Waals surface area contributed by atoms with Crippen LogP contribution in [0.25, 0.3) is 16.9 Å². The van der Waals surface area contributed by atoms with Crippen molar-refractivity contribution in [2.75, 3.05) is 0 Å². The zero-order chi connectivity index (χ0) is 14.3. The first kappa shape index (κ1) is 12.3. The van der Waals surface area contributed by atoms with E-state index in [9.17, 15) is 13.6 Å². The number of aromatic nitrogens is 2. The predicted octanol–water partition coefficient (Wildman–Crippen LogP) is 2.98. The van der Waals surface area contributed by atoms with E-state index in [0.717, 1.165) is 18.2 Å². The van der Waals surface area contributed by atoms with Crippen LogP contribution in [0, 0.1) is 11.6 Å². The second kappa shape index (κ2) is 4.41. The molecule has 20 heavy (non-hydrogen) atoms.